The molecule has 0 aliphatic heterocycles. The quantitative estimate of drug-likeness (QED) is 0.745. The molecule has 1 N–H and O–H groups in total. The number of hydrogen-bond acceptors (Lipinski definition) is 3. The van der Waals surface area contributed by atoms with E-state index in [4.69, 9.17) is 4.42 Å². The second-order valence-electron chi connectivity index (χ2n) is 5.68. The lowest BCUT2D eigenvalue weighted by Crippen LogP contribution is -2.12. The minimum absolute atomic E-state index is 0.0780. The first-order valence-electron chi connectivity index (χ1n) is 7.54. The van der Waals surface area contributed by atoms with Gasteiger partial charge in [0.1, 0.15) is 22.6 Å². The molecule has 0 atom stereocenters. The predicted molar refractivity (Wildman–Crippen MR) is 84.6 cm³/mol. The highest BCUT2D eigenvalue weighted by Gasteiger charge is 2.34. The molecule has 0 bridgehead atoms. The zero-order valence-corrected chi connectivity index (χ0v) is 13.2. The SMILES string of the molecule is Cc1oc2ccc(CCc3cccnc3C(F)(F)F)cc2c1C(=O)O. The van der Waals surface area contributed by atoms with E-state index < -0.39 is 17.8 Å². The van der Waals surface area contributed by atoms with E-state index in [1.165, 1.54) is 12.1 Å². The van der Waals surface area contributed by atoms with Gasteiger partial charge in [0.25, 0.3) is 0 Å². The number of fused-ring (bicyclic) bond motifs is 1. The third kappa shape index (κ3) is 3.35. The number of aromatic nitrogens is 1. The van der Waals surface area contributed by atoms with E-state index in [1.807, 2.05) is 0 Å². The van der Waals surface area contributed by atoms with Crippen molar-refractivity contribution < 1.29 is 27.5 Å². The summed E-state index contributed by atoms with van der Waals surface area (Å²) in [5, 5.41) is 9.73. The standard InChI is InChI=1S/C18H14F3NO3/c1-10-15(17(23)24)13-9-11(5-7-14(13)25-10)4-6-12-3-2-8-22-16(12)18(19,20)21/h2-3,5,7-9H,4,6H2,1H3,(H,23,24). The number of carbonyl (C=O) groups is 1. The number of aromatic carboxylic acids is 1. The van der Waals surface area contributed by atoms with Crippen molar-refractivity contribution in [2.75, 3.05) is 0 Å². The first-order chi connectivity index (χ1) is 11.8. The number of hydrogen-bond donors (Lipinski definition) is 1. The number of halogens is 3. The summed E-state index contributed by atoms with van der Waals surface area (Å²) in [6.07, 6.45) is -2.91. The van der Waals surface area contributed by atoms with Gasteiger partial charge in [0.15, 0.2) is 0 Å². The third-order valence-electron chi connectivity index (χ3n) is 3.99. The Labute approximate surface area is 140 Å². The summed E-state index contributed by atoms with van der Waals surface area (Å²) < 4.78 is 44.4. The number of rotatable bonds is 4. The van der Waals surface area contributed by atoms with Gasteiger partial charge in [-0.05, 0) is 49.1 Å². The Morgan fingerprint density at radius 3 is 2.68 bits per heavy atom. The Morgan fingerprint density at radius 2 is 2.00 bits per heavy atom. The van der Waals surface area contributed by atoms with Crippen LogP contribution in [0.25, 0.3) is 11.0 Å². The second-order valence-corrected chi connectivity index (χ2v) is 5.68. The average Bonchev–Trinajstić information content (AvgIpc) is 2.87. The van der Waals surface area contributed by atoms with Gasteiger partial charge in [-0.25, -0.2) is 4.79 Å². The van der Waals surface area contributed by atoms with Crippen molar-refractivity contribution in [2.24, 2.45) is 0 Å². The van der Waals surface area contributed by atoms with Crippen LogP contribution in [0.3, 0.4) is 0 Å². The fraction of sp³-hybridized carbons (Fsp3) is 0.222. The largest absolute Gasteiger partial charge is 0.478 e. The van der Waals surface area contributed by atoms with E-state index >= 15 is 0 Å². The summed E-state index contributed by atoms with van der Waals surface area (Å²) in [5.41, 5.74) is 0.469. The smallest absolute Gasteiger partial charge is 0.433 e. The van der Waals surface area contributed by atoms with Gasteiger partial charge < -0.3 is 9.52 Å². The summed E-state index contributed by atoms with van der Waals surface area (Å²) in [6, 6.07) is 7.88. The number of furan rings is 1. The average molecular weight is 349 g/mol. The zero-order valence-electron chi connectivity index (χ0n) is 13.2. The van der Waals surface area contributed by atoms with Crippen molar-refractivity contribution in [1.29, 1.82) is 0 Å². The lowest BCUT2D eigenvalue weighted by atomic mass is 10.0. The molecule has 2 heterocycles. The highest BCUT2D eigenvalue weighted by Crippen LogP contribution is 2.31. The van der Waals surface area contributed by atoms with E-state index in [-0.39, 0.29) is 17.5 Å². The molecular weight excluding hydrogens is 335 g/mol. The van der Waals surface area contributed by atoms with Crippen LogP contribution in [0.2, 0.25) is 0 Å². The molecule has 0 saturated heterocycles. The highest BCUT2D eigenvalue weighted by atomic mass is 19.4. The normalized spacial score (nSPS) is 11.8. The number of carboxylic acid groups (broad SMARTS) is 1. The van der Waals surface area contributed by atoms with Crippen LogP contribution >= 0.6 is 0 Å². The molecule has 1 aromatic carbocycles. The summed E-state index contributed by atoms with van der Waals surface area (Å²) in [7, 11) is 0. The number of aryl methyl sites for hydroxylation is 3. The molecule has 0 aliphatic rings. The maximum Gasteiger partial charge on any atom is 0.433 e. The Morgan fingerprint density at radius 1 is 1.24 bits per heavy atom. The molecule has 3 aromatic rings. The van der Waals surface area contributed by atoms with Crippen molar-refractivity contribution in [3.8, 4) is 0 Å². The summed E-state index contributed by atoms with van der Waals surface area (Å²) in [6.45, 7) is 1.56. The van der Waals surface area contributed by atoms with Gasteiger partial charge in [-0.15, -0.1) is 0 Å². The van der Waals surface area contributed by atoms with Crippen LogP contribution in [0.1, 0.15) is 32.9 Å². The van der Waals surface area contributed by atoms with Crippen LogP contribution in [0, 0.1) is 6.92 Å². The number of carboxylic acids is 1. The molecule has 130 valence electrons. The fourth-order valence-corrected chi connectivity index (χ4v) is 2.86. The molecule has 2 aromatic heterocycles. The van der Waals surface area contributed by atoms with Gasteiger partial charge >= 0.3 is 12.1 Å². The van der Waals surface area contributed by atoms with Gasteiger partial charge in [-0.1, -0.05) is 12.1 Å². The number of alkyl halides is 3. The van der Waals surface area contributed by atoms with Crippen LogP contribution < -0.4 is 0 Å². The van der Waals surface area contributed by atoms with Crippen molar-refractivity contribution in [2.45, 2.75) is 25.9 Å². The molecule has 7 heteroatoms. The van der Waals surface area contributed by atoms with Crippen LogP contribution in [0.4, 0.5) is 13.2 Å². The second kappa shape index (κ2) is 6.23. The number of nitrogens with zero attached hydrogens (tertiary/aromatic N) is 1. The molecule has 0 unspecified atom stereocenters. The third-order valence-corrected chi connectivity index (χ3v) is 3.99. The van der Waals surface area contributed by atoms with Gasteiger partial charge in [-0.3, -0.25) is 4.98 Å². The van der Waals surface area contributed by atoms with Gasteiger partial charge in [0.2, 0.25) is 0 Å². The first kappa shape index (κ1) is 17.0. The number of pyridine rings is 1. The molecular formula is C18H14F3NO3. The Balaban J connectivity index is 1.90. The van der Waals surface area contributed by atoms with E-state index in [1.54, 1.807) is 25.1 Å². The van der Waals surface area contributed by atoms with E-state index in [9.17, 15) is 23.1 Å². The molecule has 0 radical (unpaired) electrons. The minimum atomic E-state index is -4.50. The summed E-state index contributed by atoms with van der Waals surface area (Å²) in [5.74, 6) is -0.800. The van der Waals surface area contributed by atoms with Gasteiger partial charge in [-0.2, -0.15) is 13.2 Å². The molecule has 0 aliphatic carbocycles. The summed E-state index contributed by atoms with van der Waals surface area (Å²) >= 11 is 0. The van der Waals surface area contributed by atoms with Crippen LogP contribution in [0.5, 0.6) is 0 Å². The summed E-state index contributed by atoms with van der Waals surface area (Å²) in [4.78, 5) is 14.8. The van der Waals surface area contributed by atoms with Crippen LogP contribution in [0.15, 0.2) is 40.9 Å². The van der Waals surface area contributed by atoms with Crippen molar-refractivity contribution in [3.63, 3.8) is 0 Å². The molecule has 0 saturated carbocycles. The Bertz CT molecular complexity index is 944. The van der Waals surface area contributed by atoms with E-state index in [0.717, 1.165) is 11.8 Å². The van der Waals surface area contributed by atoms with Crippen LogP contribution in [-0.2, 0) is 19.0 Å². The zero-order chi connectivity index (χ0) is 18.2. The highest BCUT2D eigenvalue weighted by molar-refractivity contribution is 6.03. The van der Waals surface area contributed by atoms with E-state index in [2.05, 4.69) is 4.98 Å². The lowest BCUT2D eigenvalue weighted by molar-refractivity contribution is -0.141. The molecule has 0 fully saturated rings. The molecule has 25 heavy (non-hydrogen) atoms. The fourth-order valence-electron chi connectivity index (χ4n) is 2.86. The Kier molecular flexibility index (Phi) is 4.24. The van der Waals surface area contributed by atoms with Crippen LogP contribution in [-0.4, -0.2) is 16.1 Å². The maximum atomic E-state index is 13.0. The van der Waals surface area contributed by atoms with Gasteiger partial charge in [0, 0.05) is 11.6 Å². The predicted octanol–water partition coefficient (Wildman–Crippen LogP) is 4.64. The Hall–Kier alpha value is -2.83. The van der Waals surface area contributed by atoms with E-state index in [0.29, 0.717) is 23.2 Å². The minimum Gasteiger partial charge on any atom is -0.478 e. The molecule has 3 rings (SSSR count). The monoisotopic (exact) mass is 349 g/mol. The molecule has 4 nitrogen and oxygen atoms in total. The topological polar surface area (TPSA) is 63.3 Å². The molecule has 0 spiro atoms. The maximum absolute atomic E-state index is 13.0. The van der Waals surface area contributed by atoms with Crippen molar-refractivity contribution in [1.82, 2.24) is 4.98 Å². The molecule has 0 amide bonds. The van der Waals surface area contributed by atoms with Crippen molar-refractivity contribution >= 4 is 16.9 Å². The van der Waals surface area contributed by atoms with Gasteiger partial charge in [0.05, 0.1) is 0 Å². The lowest BCUT2D eigenvalue weighted by Gasteiger charge is -2.11. The first-order valence-corrected chi connectivity index (χ1v) is 7.54. The van der Waals surface area contributed by atoms with Crippen molar-refractivity contribution in [3.05, 3.63) is 64.7 Å². The number of benzene rings is 1.